The van der Waals surface area contributed by atoms with E-state index in [1.807, 2.05) is 6.07 Å². The Kier molecular flexibility index (Phi) is 4.76. The topological polar surface area (TPSA) is 36.3 Å². The van der Waals surface area contributed by atoms with Crippen molar-refractivity contribution in [2.45, 2.75) is 25.2 Å². The van der Waals surface area contributed by atoms with Crippen molar-refractivity contribution in [3.05, 3.63) is 22.4 Å². The van der Waals surface area contributed by atoms with Crippen LogP contribution >= 0.6 is 11.3 Å². The van der Waals surface area contributed by atoms with Crippen LogP contribution in [-0.2, 0) is 10.2 Å². The van der Waals surface area contributed by atoms with Gasteiger partial charge in [-0.15, -0.1) is 11.3 Å². The van der Waals surface area contributed by atoms with E-state index in [0.717, 1.165) is 45.7 Å². The molecule has 0 N–H and O–H groups in total. The van der Waals surface area contributed by atoms with Crippen molar-refractivity contribution in [2.75, 3.05) is 32.8 Å². The molecule has 1 fully saturated rings. The van der Waals surface area contributed by atoms with E-state index in [1.165, 1.54) is 4.88 Å². The average Bonchev–Trinajstić information content (AvgIpc) is 2.96. The molecule has 18 heavy (non-hydrogen) atoms. The molecular formula is C14H20N2OS. The van der Waals surface area contributed by atoms with E-state index in [2.05, 4.69) is 29.3 Å². The van der Waals surface area contributed by atoms with Crippen LogP contribution in [0.3, 0.4) is 0 Å². The van der Waals surface area contributed by atoms with Crippen molar-refractivity contribution in [2.24, 2.45) is 0 Å². The van der Waals surface area contributed by atoms with Crippen molar-refractivity contribution in [1.29, 1.82) is 5.26 Å². The maximum absolute atomic E-state index is 9.59. The first kappa shape index (κ1) is 13.5. The highest BCUT2D eigenvalue weighted by molar-refractivity contribution is 7.10. The quantitative estimate of drug-likeness (QED) is 0.820. The minimum absolute atomic E-state index is 0.299. The monoisotopic (exact) mass is 264 g/mol. The van der Waals surface area contributed by atoms with Crippen LogP contribution in [0.5, 0.6) is 0 Å². The van der Waals surface area contributed by atoms with Gasteiger partial charge in [0.2, 0.25) is 0 Å². The Hall–Kier alpha value is -0.890. The molecule has 0 bridgehead atoms. The number of nitrogens with zero attached hydrogens (tertiary/aromatic N) is 2. The zero-order valence-electron chi connectivity index (χ0n) is 10.9. The van der Waals surface area contributed by atoms with Gasteiger partial charge in [0.15, 0.2) is 0 Å². The summed E-state index contributed by atoms with van der Waals surface area (Å²) in [7, 11) is 0. The first-order chi connectivity index (χ1) is 8.80. The Bertz CT molecular complexity index is 392. The van der Waals surface area contributed by atoms with E-state index in [1.54, 1.807) is 11.3 Å². The molecule has 1 aliphatic rings. The zero-order chi connectivity index (χ0) is 12.8. The second-order valence-electron chi connectivity index (χ2n) is 4.73. The van der Waals surface area contributed by atoms with E-state index in [4.69, 9.17) is 4.74 Å². The number of morpholine rings is 1. The summed E-state index contributed by atoms with van der Waals surface area (Å²) in [6, 6.07) is 6.69. The maximum atomic E-state index is 9.59. The highest BCUT2D eigenvalue weighted by Crippen LogP contribution is 2.34. The van der Waals surface area contributed by atoms with E-state index in [0.29, 0.717) is 0 Å². The van der Waals surface area contributed by atoms with Crippen LogP contribution in [-0.4, -0.2) is 37.7 Å². The SMILES string of the molecule is CCC(C#N)(CCN1CCOCC1)c1cccs1. The Morgan fingerprint density at radius 1 is 1.50 bits per heavy atom. The van der Waals surface area contributed by atoms with E-state index in [-0.39, 0.29) is 5.41 Å². The summed E-state index contributed by atoms with van der Waals surface area (Å²) >= 11 is 1.70. The van der Waals surface area contributed by atoms with Gasteiger partial charge < -0.3 is 4.74 Å². The molecule has 1 atom stereocenters. The zero-order valence-corrected chi connectivity index (χ0v) is 11.7. The Morgan fingerprint density at radius 3 is 2.83 bits per heavy atom. The van der Waals surface area contributed by atoms with Gasteiger partial charge in [-0.3, -0.25) is 4.90 Å². The fraction of sp³-hybridized carbons (Fsp3) is 0.643. The molecule has 0 radical (unpaired) electrons. The van der Waals surface area contributed by atoms with Gasteiger partial charge in [-0.2, -0.15) is 5.26 Å². The summed E-state index contributed by atoms with van der Waals surface area (Å²) in [5.41, 5.74) is -0.299. The highest BCUT2D eigenvalue weighted by Gasteiger charge is 2.31. The lowest BCUT2D eigenvalue weighted by molar-refractivity contribution is 0.0354. The molecular weight excluding hydrogens is 244 g/mol. The van der Waals surface area contributed by atoms with Crippen LogP contribution in [0.15, 0.2) is 17.5 Å². The van der Waals surface area contributed by atoms with Gasteiger partial charge in [-0.1, -0.05) is 13.0 Å². The summed E-state index contributed by atoms with van der Waals surface area (Å²) in [6.45, 7) is 6.74. The number of rotatable bonds is 5. The smallest absolute Gasteiger partial charge is 0.0924 e. The highest BCUT2D eigenvalue weighted by atomic mass is 32.1. The summed E-state index contributed by atoms with van der Waals surface area (Å²) < 4.78 is 5.35. The molecule has 0 saturated carbocycles. The molecule has 1 saturated heterocycles. The normalized spacial score (nSPS) is 20.2. The second kappa shape index (κ2) is 6.33. The first-order valence-electron chi connectivity index (χ1n) is 6.56. The van der Waals surface area contributed by atoms with Gasteiger partial charge in [-0.05, 0) is 24.3 Å². The fourth-order valence-electron chi connectivity index (χ4n) is 2.39. The predicted molar refractivity (Wildman–Crippen MR) is 73.8 cm³/mol. The van der Waals surface area contributed by atoms with Crippen molar-refractivity contribution in [3.63, 3.8) is 0 Å². The third-order valence-electron chi connectivity index (χ3n) is 3.77. The predicted octanol–water partition coefficient (Wildman–Crippen LogP) is 2.64. The minimum atomic E-state index is -0.299. The van der Waals surface area contributed by atoms with E-state index in [9.17, 15) is 5.26 Å². The first-order valence-corrected chi connectivity index (χ1v) is 7.44. The van der Waals surface area contributed by atoms with Crippen molar-refractivity contribution in [1.82, 2.24) is 4.90 Å². The third kappa shape index (κ3) is 2.92. The number of hydrogen-bond acceptors (Lipinski definition) is 4. The molecule has 2 rings (SSSR count). The standard InChI is InChI=1S/C14H20N2OS/c1-2-14(12-15,13-4-3-11-18-13)5-6-16-7-9-17-10-8-16/h3-4,11H,2,5-10H2,1H3. The molecule has 4 heteroatoms. The number of hydrogen-bond donors (Lipinski definition) is 0. The molecule has 0 amide bonds. The molecule has 3 nitrogen and oxygen atoms in total. The minimum Gasteiger partial charge on any atom is -0.379 e. The van der Waals surface area contributed by atoms with Crippen LogP contribution in [0.4, 0.5) is 0 Å². The molecule has 1 unspecified atom stereocenters. The lowest BCUT2D eigenvalue weighted by atomic mass is 9.81. The van der Waals surface area contributed by atoms with Crippen molar-refractivity contribution >= 4 is 11.3 Å². The fourth-order valence-corrected chi connectivity index (χ4v) is 3.37. The van der Waals surface area contributed by atoms with E-state index < -0.39 is 0 Å². The van der Waals surface area contributed by atoms with E-state index >= 15 is 0 Å². The van der Waals surface area contributed by atoms with Crippen LogP contribution in [0.2, 0.25) is 0 Å². The van der Waals surface area contributed by atoms with Gasteiger partial charge in [0.1, 0.15) is 0 Å². The summed E-state index contributed by atoms with van der Waals surface area (Å²) in [5, 5.41) is 11.7. The van der Waals surface area contributed by atoms with Crippen LogP contribution in [0.1, 0.15) is 24.6 Å². The third-order valence-corrected chi connectivity index (χ3v) is 4.84. The Morgan fingerprint density at radius 2 is 2.28 bits per heavy atom. The van der Waals surface area contributed by atoms with Crippen LogP contribution < -0.4 is 0 Å². The molecule has 0 spiro atoms. The van der Waals surface area contributed by atoms with Crippen LogP contribution in [0.25, 0.3) is 0 Å². The molecule has 2 heterocycles. The summed E-state index contributed by atoms with van der Waals surface area (Å²) in [5.74, 6) is 0. The van der Waals surface area contributed by atoms with Gasteiger partial charge in [-0.25, -0.2) is 0 Å². The summed E-state index contributed by atoms with van der Waals surface area (Å²) in [4.78, 5) is 3.61. The molecule has 1 aromatic rings. The van der Waals surface area contributed by atoms with Crippen molar-refractivity contribution in [3.8, 4) is 6.07 Å². The average molecular weight is 264 g/mol. The second-order valence-corrected chi connectivity index (χ2v) is 5.68. The Labute approximate surface area is 113 Å². The van der Waals surface area contributed by atoms with Crippen molar-refractivity contribution < 1.29 is 4.74 Å². The molecule has 98 valence electrons. The Balaban J connectivity index is 2.00. The lowest BCUT2D eigenvalue weighted by Crippen LogP contribution is -2.39. The number of thiophene rings is 1. The van der Waals surface area contributed by atoms with Gasteiger partial charge in [0, 0.05) is 24.5 Å². The molecule has 0 aliphatic carbocycles. The summed E-state index contributed by atoms with van der Waals surface area (Å²) in [6.07, 6.45) is 1.80. The molecule has 1 aromatic heterocycles. The lowest BCUT2D eigenvalue weighted by Gasteiger charge is -2.31. The maximum Gasteiger partial charge on any atom is 0.0924 e. The van der Waals surface area contributed by atoms with Gasteiger partial charge >= 0.3 is 0 Å². The number of ether oxygens (including phenoxy) is 1. The largest absolute Gasteiger partial charge is 0.379 e. The molecule has 1 aliphatic heterocycles. The van der Waals surface area contributed by atoms with Crippen LogP contribution in [0, 0.1) is 11.3 Å². The van der Waals surface area contributed by atoms with Gasteiger partial charge in [0.25, 0.3) is 0 Å². The number of nitriles is 1. The molecule has 0 aromatic carbocycles. The van der Waals surface area contributed by atoms with Gasteiger partial charge in [0.05, 0.1) is 24.7 Å².